The number of hydrogen-bond acceptors (Lipinski definition) is 6. The fourth-order valence-corrected chi connectivity index (χ4v) is 3.68. The van der Waals surface area contributed by atoms with Gasteiger partial charge in [-0.1, -0.05) is 11.2 Å². The minimum Gasteiger partial charge on any atom is -0.356 e. The van der Waals surface area contributed by atoms with Crippen LogP contribution in [0.2, 0.25) is 0 Å². The Bertz CT molecular complexity index is 1090. The Labute approximate surface area is 176 Å². The van der Waals surface area contributed by atoms with Gasteiger partial charge < -0.3 is 14.7 Å². The highest BCUT2D eigenvalue weighted by Gasteiger charge is 2.30. The van der Waals surface area contributed by atoms with E-state index in [2.05, 4.69) is 25.3 Å². The highest BCUT2D eigenvalue weighted by molar-refractivity contribution is 5.91. The number of alkyl halides is 3. The second kappa shape index (κ2) is 8.52. The lowest BCUT2D eigenvalue weighted by atomic mass is 10.1. The highest BCUT2D eigenvalue weighted by atomic mass is 19.4. The number of piperidine rings is 1. The summed E-state index contributed by atoms with van der Waals surface area (Å²) in [7, 11) is 0. The number of nitrogens with zero attached hydrogens (tertiary/aromatic N) is 4. The van der Waals surface area contributed by atoms with E-state index < -0.39 is 17.6 Å². The zero-order valence-corrected chi connectivity index (χ0v) is 17.0. The van der Waals surface area contributed by atoms with Gasteiger partial charge in [-0.2, -0.15) is 18.2 Å². The van der Waals surface area contributed by atoms with Crippen LogP contribution in [0.15, 0.2) is 28.8 Å². The first-order valence-corrected chi connectivity index (χ1v) is 10.2. The van der Waals surface area contributed by atoms with Crippen LogP contribution in [0.5, 0.6) is 0 Å². The Morgan fingerprint density at radius 2 is 1.97 bits per heavy atom. The molecule has 164 valence electrons. The molecular formula is C21H22F3N5O2. The zero-order valence-electron chi connectivity index (χ0n) is 17.0. The molecule has 0 aliphatic carbocycles. The molecule has 0 radical (unpaired) electrons. The predicted molar refractivity (Wildman–Crippen MR) is 109 cm³/mol. The van der Waals surface area contributed by atoms with Crippen molar-refractivity contribution >= 4 is 28.5 Å². The van der Waals surface area contributed by atoms with E-state index in [0.717, 1.165) is 49.3 Å². The number of halogens is 3. The number of nitrogens with one attached hydrogen (secondary N) is 1. The fraction of sp³-hybridized carbons (Fsp3) is 0.429. The number of aromatic nitrogens is 3. The van der Waals surface area contributed by atoms with E-state index in [-0.39, 0.29) is 18.5 Å². The Hall–Kier alpha value is -3.17. The molecule has 10 heteroatoms. The molecule has 1 aromatic carbocycles. The lowest BCUT2D eigenvalue weighted by Crippen LogP contribution is -2.30. The molecule has 0 spiro atoms. The van der Waals surface area contributed by atoms with Gasteiger partial charge in [-0.15, -0.1) is 0 Å². The number of rotatable bonds is 5. The fourth-order valence-electron chi connectivity index (χ4n) is 3.68. The average molecular weight is 433 g/mol. The van der Waals surface area contributed by atoms with Crippen LogP contribution >= 0.6 is 0 Å². The number of benzene rings is 1. The molecule has 1 aliphatic rings. The van der Waals surface area contributed by atoms with Gasteiger partial charge in [-0.3, -0.25) is 4.79 Å². The summed E-state index contributed by atoms with van der Waals surface area (Å²) < 4.78 is 43.9. The van der Waals surface area contributed by atoms with Crippen molar-refractivity contribution < 1.29 is 22.5 Å². The van der Waals surface area contributed by atoms with E-state index in [0.29, 0.717) is 17.2 Å². The average Bonchev–Trinajstić information content (AvgIpc) is 3.13. The van der Waals surface area contributed by atoms with Gasteiger partial charge in [-0.25, -0.2) is 4.98 Å². The standard InChI is InChI=1S/C21H22F3N5O2/c1-13-18-19(29-10-3-2-4-11-29)26-16(27-20(18)31-28-13)8-9-17(30)25-15-7-5-6-14(12-15)21(22,23)24/h5-7,12H,2-4,8-11H2,1H3,(H,25,30). The smallest absolute Gasteiger partial charge is 0.356 e. The van der Waals surface area contributed by atoms with Crippen molar-refractivity contribution in [2.24, 2.45) is 0 Å². The molecule has 31 heavy (non-hydrogen) atoms. The summed E-state index contributed by atoms with van der Waals surface area (Å²) in [4.78, 5) is 23.5. The maximum absolute atomic E-state index is 12.8. The van der Waals surface area contributed by atoms with Crippen molar-refractivity contribution in [2.45, 2.75) is 45.2 Å². The summed E-state index contributed by atoms with van der Waals surface area (Å²) in [6, 6.07) is 4.54. The topological polar surface area (TPSA) is 84.1 Å². The third-order valence-corrected chi connectivity index (χ3v) is 5.24. The lowest BCUT2D eigenvalue weighted by Gasteiger charge is -2.28. The molecule has 7 nitrogen and oxygen atoms in total. The van der Waals surface area contributed by atoms with Crippen molar-refractivity contribution in [2.75, 3.05) is 23.3 Å². The Kier molecular flexibility index (Phi) is 5.79. The van der Waals surface area contributed by atoms with Crippen LogP contribution < -0.4 is 10.2 Å². The van der Waals surface area contributed by atoms with Crippen LogP contribution in [0.4, 0.5) is 24.7 Å². The number of carbonyl (C=O) groups excluding carboxylic acids is 1. The Balaban J connectivity index is 1.48. The number of amides is 1. The van der Waals surface area contributed by atoms with Crippen molar-refractivity contribution in [3.8, 4) is 0 Å². The molecule has 0 atom stereocenters. The number of anilines is 2. The van der Waals surface area contributed by atoms with Crippen LogP contribution in [-0.4, -0.2) is 34.1 Å². The van der Waals surface area contributed by atoms with Gasteiger partial charge in [0.05, 0.1) is 11.3 Å². The van der Waals surface area contributed by atoms with Crippen molar-refractivity contribution in [3.05, 3.63) is 41.3 Å². The summed E-state index contributed by atoms with van der Waals surface area (Å²) in [5.41, 5.74) is 0.368. The molecule has 1 N–H and O–H groups in total. The van der Waals surface area contributed by atoms with E-state index in [9.17, 15) is 18.0 Å². The van der Waals surface area contributed by atoms with Gasteiger partial charge >= 0.3 is 6.18 Å². The van der Waals surface area contributed by atoms with E-state index in [1.165, 1.54) is 18.6 Å². The van der Waals surface area contributed by atoms with Crippen LogP contribution in [0.1, 0.15) is 42.8 Å². The number of carbonyl (C=O) groups is 1. The first-order valence-electron chi connectivity index (χ1n) is 10.2. The summed E-state index contributed by atoms with van der Waals surface area (Å²) in [6.07, 6.45) is -0.898. The normalized spacial score (nSPS) is 14.8. The van der Waals surface area contributed by atoms with Gasteiger partial charge in [0.1, 0.15) is 17.0 Å². The molecule has 1 amide bonds. The molecule has 2 aromatic heterocycles. The summed E-state index contributed by atoms with van der Waals surface area (Å²) in [5, 5.41) is 7.28. The van der Waals surface area contributed by atoms with E-state index in [1.807, 2.05) is 6.92 Å². The van der Waals surface area contributed by atoms with Gasteiger partial charge in [0.2, 0.25) is 5.91 Å². The number of hydrogen-bond donors (Lipinski definition) is 1. The molecule has 3 heterocycles. The van der Waals surface area contributed by atoms with Crippen molar-refractivity contribution in [1.29, 1.82) is 0 Å². The largest absolute Gasteiger partial charge is 0.416 e. The lowest BCUT2D eigenvalue weighted by molar-refractivity contribution is -0.137. The second-order valence-electron chi connectivity index (χ2n) is 7.59. The molecule has 1 aliphatic heterocycles. The van der Waals surface area contributed by atoms with Crippen molar-refractivity contribution in [3.63, 3.8) is 0 Å². The third kappa shape index (κ3) is 4.78. The Morgan fingerprint density at radius 1 is 1.19 bits per heavy atom. The van der Waals surface area contributed by atoms with E-state index in [4.69, 9.17) is 4.52 Å². The molecular weight excluding hydrogens is 411 g/mol. The number of aryl methyl sites for hydroxylation is 2. The molecule has 0 unspecified atom stereocenters. The predicted octanol–water partition coefficient (Wildman–Crippen LogP) is 4.51. The quantitative estimate of drug-likeness (QED) is 0.638. The highest BCUT2D eigenvalue weighted by Crippen LogP contribution is 2.31. The second-order valence-corrected chi connectivity index (χ2v) is 7.59. The van der Waals surface area contributed by atoms with Gasteiger partial charge in [0, 0.05) is 31.6 Å². The molecule has 0 bridgehead atoms. The molecule has 1 saturated heterocycles. The van der Waals surface area contributed by atoms with Crippen LogP contribution in [0.25, 0.3) is 11.1 Å². The molecule has 3 aromatic rings. The zero-order chi connectivity index (χ0) is 22.0. The van der Waals surface area contributed by atoms with Crippen LogP contribution in [0, 0.1) is 6.92 Å². The summed E-state index contributed by atoms with van der Waals surface area (Å²) in [6.45, 7) is 3.60. The van der Waals surface area contributed by atoms with Crippen LogP contribution in [0.3, 0.4) is 0 Å². The SMILES string of the molecule is Cc1noc2nc(CCC(=O)Nc3cccc(C(F)(F)F)c3)nc(N3CCCCC3)c12. The maximum atomic E-state index is 12.8. The first kappa shape index (κ1) is 21.1. The van der Waals surface area contributed by atoms with E-state index >= 15 is 0 Å². The third-order valence-electron chi connectivity index (χ3n) is 5.24. The summed E-state index contributed by atoms with van der Waals surface area (Å²) in [5.74, 6) is 0.774. The van der Waals surface area contributed by atoms with Gasteiger partial charge in [0.25, 0.3) is 5.71 Å². The van der Waals surface area contributed by atoms with Gasteiger partial charge in [0.15, 0.2) is 0 Å². The molecule has 4 rings (SSSR count). The minimum atomic E-state index is -4.47. The molecule has 0 saturated carbocycles. The number of fused-ring (bicyclic) bond motifs is 1. The Morgan fingerprint density at radius 3 is 2.71 bits per heavy atom. The molecule has 1 fully saturated rings. The van der Waals surface area contributed by atoms with Gasteiger partial charge in [-0.05, 0) is 44.4 Å². The first-order chi connectivity index (χ1) is 14.8. The van der Waals surface area contributed by atoms with Crippen molar-refractivity contribution in [1.82, 2.24) is 15.1 Å². The maximum Gasteiger partial charge on any atom is 0.416 e. The van der Waals surface area contributed by atoms with E-state index in [1.54, 1.807) is 0 Å². The summed E-state index contributed by atoms with van der Waals surface area (Å²) >= 11 is 0. The minimum absolute atomic E-state index is 0.0221. The monoisotopic (exact) mass is 433 g/mol. The van der Waals surface area contributed by atoms with Crippen LogP contribution in [-0.2, 0) is 17.4 Å².